The van der Waals surface area contributed by atoms with Gasteiger partial charge in [0.05, 0.1) is 13.2 Å². The summed E-state index contributed by atoms with van der Waals surface area (Å²) in [6.45, 7) is 4.21. The summed E-state index contributed by atoms with van der Waals surface area (Å²) < 4.78 is 4.79. The number of piperidine rings is 1. The molecular formula is C21H27N3O3. The number of hydrogen-bond acceptors (Lipinski definition) is 5. The first kappa shape index (κ1) is 18.0. The van der Waals surface area contributed by atoms with Crippen LogP contribution in [-0.4, -0.2) is 47.0 Å². The molecular weight excluding hydrogens is 342 g/mol. The molecule has 144 valence electrons. The van der Waals surface area contributed by atoms with Crippen molar-refractivity contribution in [2.24, 2.45) is 11.1 Å². The number of aromatic amines is 1. The normalized spacial score (nSPS) is 25.9. The SMILES string of the molecule is CCC1CCCN2C[C@@H](CC(=NO)C(=O)OC)c3c([nH]c4ccccc34)[C@H]12. The first-order valence-corrected chi connectivity index (χ1v) is 9.81. The molecule has 0 spiro atoms. The third kappa shape index (κ3) is 3.02. The molecule has 0 bridgehead atoms. The molecule has 0 amide bonds. The summed E-state index contributed by atoms with van der Waals surface area (Å²) in [7, 11) is 1.32. The standard InChI is InChI=1S/C21H27N3O3/c1-3-13-7-6-10-24-12-14(11-17(23-26)21(25)27-2)18-15-8-4-5-9-16(15)22-19(18)20(13)24/h4-5,8-9,13-14,20,22,26H,3,6-7,10-12H2,1-2H3/t13?,14-,20+/m1/s1. The smallest absolute Gasteiger partial charge is 0.355 e. The number of rotatable bonds is 4. The molecule has 1 aromatic heterocycles. The molecule has 2 aliphatic heterocycles. The largest absolute Gasteiger partial charge is 0.464 e. The second-order valence-corrected chi connectivity index (χ2v) is 7.69. The lowest BCUT2D eigenvalue weighted by Crippen LogP contribution is -2.45. The number of aromatic nitrogens is 1. The monoisotopic (exact) mass is 369 g/mol. The van der Waals surface area contributed by atoms with Crippen molar-refractivity contribution in [2.45, 2.75) is 44.6 Å². The highest BCUT2D eigenvalue weighted by atomic mass is 16.5. The van der Waals surface area contributed by atoms with Crippen LogP contribution in [0, 0.1) is 5.92 Å². The average Bonchev–Trinajstić information content (AvgIpc) is 3.10. The Hall–Kier alpha value is -2.34. The van der Waals surface area contributed by atoms with E-state index in [0.29, 0.717) is 18.4 Å². The Bertz CT molecular complexity index is 873. The highest BCUT2D eigenvalue weighted by Gasteiger charge is 2.41. The minimum atomic E-state index is -0.564. The molecule has 3 atom stereocenters. The Balaban J connectivity index is 1.81. The number of fused-ring (bicyclic) bond motifs is 5. The molecule has 2 N–H and O–H groups in total. The highest BCUT2D eigenvalue weighted by Crippen LogP contribution is 2.48. The van der Waals surface area contributed by atoms with Crippen LogP contribution in [0.1, 0.15) is 55.8 Å². The van der Waals surface area contributed by atoms with E-state index in [2.05, 4.69) is 40.2 Å². The molecule has 6 heteroatoms. The number of methoxy groups -OCH3 is 1. The second kappa shape index (κ2) is 7.35. The van der Waals surface area contributed by atoms with Gasteiger partial charge in [0, 0.05) is 35.5 Å². The summed E-state index contributed by atoms with van der Waals surface area (Å²) >= 11 is 0. The molecule has 0 radical (unpaired) electrons. The minimum absolute atomic E-state index is 0.0845. The first-order chi connectivity index (χ1) is 13.2. The quantitative estimate of drug-likeness (QED) is 0.372. The Labute approximate surface area is 159 Å². The van der Waals surface area contributed by atoms with Crippen molar-refractivity contribution in [3.8, 4) is 0 Å². The molecule has 2 aromatic rings. The molecule has 1 unspecified atom stereocenters. The van der Waals surface area contributed by atoms with Gasteiger partial charge in [0.2, 0.25) is 0 Å². The molecule has 1 saturated heterocycles. The maximum Gasteiger partial charge on any atom is 0.355 e. The maximum atomic E-state index is 12.0. The molecule has 0 aliphatic carbocycles. The van der Waals surface area contributed by atoms with E-state index in [0.717, 1.165) is 25.0 Å². The van der Waals surface area contributed by atoms with Gasteiger partial charge in [0.1, 0.15) is 0 Å². The summed E-state index contributed by atoms with van der Waals surface area (Å²) in [6, 6.07) is 8.75. The van der Waals surface area contributed by atoms with Gasteiger partial charge in [0.15, 0.2) is 5.71 Å². The van der Waals surface area contributed by atoms with E-state index >= 15 is 0 Å². The van der Waals surface area contributed by atoms with Crippen molar-refractivity contribution in [3.63, 3.8) is 0 Å². The Kier molecular flexibility index (Phi) is 4.91. The number of nitrogens with one attached hydrogen (secondary N) is 1. The summed E-state index contributed by atoms with van der Waals surface area (Å²) in [4.78, 5) is 18.2. The second-order valence-electron chi connectivity index (χ2n) is 7.69. The molecule has 27 heavy (non-hydrogen) atoms. The van der Waals surface area contributed by atoms with E-state index in [9.17, 15) is 10.0 Å². The van der Waals surface area contributed by atoms with Crippen LogP contribution in [-0.2, 0) is 9.53 Å². The third-order valence-corrected chi connectivity index (χ3v) is 6.30. The number of H-pyrrole nitrogens is 1. The summed E-state index contributed by atoms with van der Waals surface area (Å²) in [6.07, 6.45) is 3.99. The van der Waals surface area contributed by atoms with E-state index in [1.165, 1.54) is 36.6 Å². The molecule has 2 aliphatic rings. The van der Waals surface area contributed by atoms with Gasteiger partial charge in [-0.1, -0.05) is 36.7 Å². The topological polar surface area (TPSA) is 77.9 Å². The maximum absolute atomic E-state index is 12.0. The number of nitrogens with zero attached hydrogens (tertiary/aromatic N) is 2. The zero-order valence-electron chi connectivity index (χ0n) is 15.9. The average molecular weight is 369 g/mol. The predicted molar refractivity (Wildman–Crippen MR) is 104 cm³/mol. The zero-order chi connectivity index (χ0) is 19.0. The summed E-state index contributed by atoms with van der Waals surface area (Å²) in [5, 5.41) is 13.8. The van der Waals surface area contributed by atoms with Gasteiger partial charge >= 0.3 is 5.97 Å². The van der Waals surface area contributed by atoms with Crippen molar-refractivity contribution < 1.29 is 14.7 Å². The van der Waals surface area contributed by atoms with Gasteiger partial charge in [-0.05, 0) is 36.9 Å². The highest BCUT2D eigenvalue weighted by molar-refractivity contribution is 6.36. The van der Waals surface area contributed by atoms with E-state index in [-0.39, 0.29) is 11.6 Å². The molecule has 1 fully saturated rings. The van der Waals surface area contributed by atoms with Crippen molar-refractivity contribution in [1.29, 1.82) is 0 Å². The van der Waals surface area contributed by atoms with Crippen LogP contribution >= 0.6 is 0 Å². The van der Waals surface area contributed by atoms with Crippen molar-refractivity contribution in [3.05, 3.63) is 35.5 Å². The van der Waals surface area contributed by atoms with Crippen molar-refractivity contribution >= 4 is 22.6 Å². The van der Waals surface area contributed by atoms with E-state index in [1.807, 2.05) is 6.07 Å². The lowest BCUT2D eigenvalue weighted by Gasteiger charge is -2.46. The lowest BCUT2D eigenvalue weighted by atomic mass is 9.77. The van der Waals surface area contributed by atoms with Gasteiger partial charge in [-0.2, -0.15) is 0 Å². The number of oxime groups is 1. The van der Waals surface area contributed by atoms with Crippen molar-refractivity contribution in [1.82, 2.24) is 9.88 Å². The number of ether oxygens (including phenoxy) is 1. The van der Waals surface area contributed by atoms with Gasteiger partial charge in [-0.3, -0.25) is 4.90 Å². The number of esters is 1. The number of para-hydroxylation sites is 1. The molecule has 1 aromatic carbocycles. The van der Waals surface area contributed by atoms with Crippen LogP contribution in [0.2, 0.25) is 0 Å². The molecule has 0 saturated carbocycles. The van der Waals surface area contributed by atoms with E-state index < -0.39 is 5.97 Å². The van der Waals surface area contributed by atoms with Crippen LogP contribution in [0.15, 0.2) is 29.4 Å². The summed E-state index contributed by atoms with van der Waals surface area (Å²) in [5.74, 6) is 0.164. The van der Waals surface area contributed by atoms with E-state index in [4.69, 9.17) is 4.74 Å². The number of carbonyl (C=O) groups is 1. The van der Waals surface area contributed by atoms with Crippen LogP contribution in [0.5, 0.6) is 0 Å². The predicted octanol–water partition coefficient (Wildman–Crippen LogP) is 3.82. The zero-order valence-corrected chi connectivity index (χ0v) is 15.9. The fourth-order valence-electron chi connectivity index (χ4n) is 5.12. The Morgan fingerprint density at radius 3 is 2.96 bits per heavy atom. The molecule has 4 rings (SSSR count). The van der Waals surface area contributed by atoms with Crippen LogP contribution < -0.4 is 0 Å². The molecule has 3 heterocycles. The van der Waals surface area contributed by atoms with Gasteiger partial charge in [-0.25, -0.2) is 4.79 Å². The van der Waals surface area contributed by atoms with Crippen LogP contribution in [0.3, 0.4) is 0 Å². The lowest BCUT2D eigenvalue weighted by molar-refractivity contribution is -0.133. The Morgan fingerprint density at radius 2 is 2.22 bits per heavy atom. The third-order valence-electron chi connectivity index (χ3n) is 6.30. The number of hydrogen-bond donors (Lipinski definition) is 2. The van der Waals surface area contributed by atoms with Crippen LogP contribution in [0.4, 0.5) is 0 Å². The fourth-order valence-corrected chi connectivity index (χ4v) is 5.12. The number of benzene rings is 1. The van der Waals surface area contributed by atoms with Gasteiger partial charge in [0.25, 0.3) is 0 Å². The molecule has 6 nitrogen and oxygen atoms in total. The fraction of sp³-hybridized carbons (Fsp3) is 0.524. The van der Waals surface area contributed by atoms with E-state index in [1.54, 1.807) is 0 Å². The minimum Gasteiger partial charge on any atom is -0.464 e. The summed E-state index contributed by atoms with van der Waals surface area (Å²) in [5.41, 5.74) is 3.77. The van der Waals surface area contributed by atoms with Crippen LogP contribution in [0.25, 0.3) is 10.9 Å². The van der Waals surface area contributed by atoms with Gasteiger partial charge in [-0.15, -0.1) is 0 Å². The first-order valence-electron chi connectivity index (χ1n) is 9.81. The Morgan fingerprint density at radius 1 is 1.41 bits per heavy atom. The van der Waals surface area contributed by atoms with Gasteiger partial charge < -0.3 is 14.9 Å². The number of carbonyl (C=O) groups excluding carboxylic acids is 1. The van der Waals surface area contributed by atoms with Crippen molar-refractivity contribution in [2.75, 3.05) is 20.2 Å².